The molecule has 0 radical (unpaired) electrons. The van der Waals surface area contributed by atoms with Gasteiger partial charge in [-0.2, -0.15) is 5.26 Å². The summed E-state index contributed by atoms with van der Waals surface area (Å²) < 4.78 is 0. The van der Waals surface area contributed by atoms with E-state index in [0.717, 1.165) is 16.8 Å². The number of hydrogen-bond donors (Lipinski definition) is 3. The predicted octanol–water partition coefficient (Wildman–Crippen LogP) is 4.81. The molecule has 1 heterocycles. The number of rotatable bonds is 4. The Bertz CT molecular complexity index is 1000. The second-order valence-corrected chi connectivity index (χ2v) is 7.00. The lowest BCUT2D eigenvalue weighted by Crippen LogP contribution is -2.12. The normalized spacial score (nSPS) is 10.2. The summed E-state index contributed by atoms with van der Waals surface area (Å²) >= 11 is 1.17. The number of carbonyl (C=O) groups excluding carboxylic acids is 1. The highest BCUT2D eigenvalue weighted by molar-refractivity contribution is 7.19. The van der Waals surface area contributed by atoms with Crippen molar-refractivity contribution in [1.82, 2.24) is 0 Å². The average molecular weight is 362 g/mol. The van der Waals surface area contributed by atoms with E-state index in [9.17, 15) is 10.1 Å². The third kappa shape index (κ3) is 3.68. The number of nitrogens with two attached hydrogens (primary N) is 1. The van der Waals surface area contributed by atoms with Crippen LogP contribution in [0.15, 0.2) is 48.5 Å². The van der Waals surface area contributed by atoms with Crippen molar-refractivity contribution in [2.45, 2.75) is 13.8 Å². The Morgan fingerprint density at radius 3 is 2.46 bits per heavy atom. The number of nitrogens with one attached hydrogen (secondary N) is 2. The maximum Gasteiger partial charge on any atom is 0.267 e. The Hall–Kier alpha value is -3.30. The third-order valence-electron chi connectivity index (χ3n) is 3.85. The van der Waals surface area contributed by atoms with Crippen LogP contribution in [0.5, 0.6) is 0 Å². The summed E-state index contributed by atoms with van der Waals surface area (Å²) in [6.07, 6.45) is 0. The van der Waals surface area contributed by atoms with Gasteiger partial charge >= 0.3 is 0 Å². The molecule has 1 amide bonds. The molecule has 0 bridgehead atoms. The minimum atomic E-state index is -0.327. The van der Waals surface area contributed by atoms with Gasteiger partial charge in [0.2, 0.25) is 0 Å². The molecular formula is C20H18N4OS. The largest absolute Gasteiger partial charge is 0.396 e. The van der Waals surface area contributed by atoms with Gasteiger partial charge < -0.3 is 16.4 Å². The highest BCUT2D eigenvalue weighted by Crippen LogP contribution is 2.37. The Morgan fingerprint density at radius 1 is 1.08 bits per heavy atom. The Balaban J connectivity index is 1.88. The van der Waals surface area contributed by atoms with E-state index in [1.165, 1.54) is 11.3 Å². The molecule has 6 heteroatoms. The first-order chi connectivity index (χ1) is 12.5. The van der Waals surface area contributed by atoms with Crippen LogP contribution in [0, 0.1) is 25.2 Å². The maximum atomic E-state index is 12.6. The molecule has 0 atom stereocenters. The minimum absolute atomic E-state index is 0.192. The number of aryl methyl sites for hydroxylation is 2. The van der Waals surface area contributed by atoms with Crippen molar-refractivity contribution in [2.75, 3.05) is 16.4 Å². The van der Waals surface area contributed by atoms with E-state index in [0.29, 0.717) is 15.6 Å². The quantitative estimate of drug-likeness (QED) is 0.621. The van der Waals surface area contributed by atoms with E-state index in [1.807, 2.05) is 62.4 Å². The minimum Gasteiger partial charge on any atom is -0.396 e. The van der Waals surface area contributed by atoms with E-state index in [-0.39, 0.29) is 17.2 Å². The zero-order chi connectivity index (χ0) is 18.7. The maximum absolute atomic E-state index is 12.6. The molecule has 0 saturated heterocycles. The molecule has 1 aromatic heterocycles. The summed E-state index contributed by atoms with van der Waals surface area (Å²) in [5.74, 6) is -0.327. The molecule has 26 heavy (non-hydrogen) atoms. The standard InChI is InChI=1S/C20H18N4OS/c1-12-6-8-14(9-7-12)24-20-16(11-21)17(22)18(26-20)19(25)23-15-5-3-4-13(2)10-15/h3-10,24H,22H2,1-2H3,(H,23,25). The first kappa shape index (κ1) is 17.5. The van der Waals surface area contributed by atoms with E-state index >= 15 is 0 Å². The van der Waals surface area contributed by atoms with Gasteiger partial charge in [-0.3, -0.25) is 4.79 Å². The smallest absolute Gasteiger partial charge is 0.267 e. The molecule has 0 saturated carbocycles. The lowest BCUT2D eigenvalue weighted by Gasteiger charge is -2.05. The highest BCUT2D eigenvalue weighted by Gasteiger charge is 2.21. The molecule has 0 aliphatic carbocycles. The van der Waals surface area contributed by atoms with E-state index in [1.54, 1.807) is 0 Å². The summed E-state index contributed by atoms with van der Waals surface area (Å²) in [4.78, 5) is 12.9. The van der Waals surface area contributed by atoms with Gasteiger partial charge in [-0.05, 0) is 43.7 Å². The molecule has 0 aliphatic heterocycles. The number of benzene rings is 2. The van der Waals surface area contributed by atoms with Crippen molar-refractivity contribution in [1.29, 1.82) is 5.26 Å². The average Bonchev–Trinajstić information content (AvgIpc) is 2.92. The SMILES string of the molecule is Cc1ccc(Nc2sc(C(=O)Nc3cccc(C)c3)c(N)c2C#N)cc1. The van der Waals surface area contributed by atoms with Gasteiger partial charge in [0.05, 0.1) is 5.69 Å². The van der Waals surface area contributed by atoms with Crippen LogP contribution in [-0.4, -0.2) is 5.91 Å². The number of amides is 1. The Labute approximate surface area is 156 Å². The molecule has 2 aromatic carbocycles. The number of thiophene rings is 1. The van der Waals surface area contributed by atoms with Crippen LogP contribution in [0.2, 0.25) is 0 Å². The summed E-state index contributed by atoms with van der Waals surface area (Å²) in [7, 11) is 0. The number of carbonyl (C=O) groups is 1. The van der Waals surface area contributed by atoms with Crippen molar-refractivity contribution in [3.63, 3.8) is 0 Å². The summed E-state index contributed by atoms with van der Waals surface area (Å²) in [5.41, 5.74) is 10.2. The van der Waals surface area contributed by atoms with Crippen LogP contribution in [-0.2, 0) is 0 Å². The van der Waals surface area contributed by atoms with Crippen molar-refractivity contribution >= 4 is 39.3 Å². The van der Waals surface area contributed by atoms with Crippen LogP contribution in [0.3, 0.4) is 0 Å². The highest BCUT2D eigenvalue weighted by atomic mass is 32.1. The zero-order valence-corrected chi connectivity index (χ0v) is 15.3. The molecule has 0 unspecified atom stereocenters. The van der Waals surface area contributed by atoms with Crippen molar-refractivity contribution in [3.8, 4) is 6.07 Å². The van der Waals surface area contributed by atoms with Crippen molar-refractivity contribution < 1.29 is 4.79 Å². The number of anilines is 4. The molecular weight excluding hydrogens is 344 g/mol. The second kappa shape index (κ2) is 7.30. The molecule has 3 aromatic rings. The number of nitriles is 1. The lowest BCUT2D eigenvalue weighted by atomic mass is 10.2. The second-order valence-electron chi connectivity index (χ2n) is 5.98. The Morgan fingerprint density at radius 2 is 1.81 bits per heavy atom. The van der Waals surface area contributed by atoms with Crippen LogP contribution in [0.1, 0.15) is 26.4 Å². The monoisotopic (exact) mass is 362 g/mol. The number of hydrogen-bond acceptors (Lipinski definition) is 5. The van der Waals surface area contributed by atoms with Crippen LogP contribution in [0.25, 0.3) is 0 Å². The van der Waals surface area contributed by atoms with Gasteiger partial charge in [-0.1, -0.05) is 29.8 Å². The van der Waals surface area contributed by atoms with Crippen LogP contribution in [0.4, 0.5) is 22.1 Å². The molecule has 3 rings (SSSR count). The van der Waals surface area contributed by atoms with E-state index in [2.05, 4.69) is 16.7 Å². The first-order valence-corrected chi connectivity index (χ1v) is 8.83. The molecule has 0 fully saturated rings. The Kier molecular flexibility index (Phi) is 4.92. The number of nitrogens with zero attached hydrogens (tertiary/aromatic N) is 1. The predicted molar refractivity (Wildman–Crippen MR) is 107 cm³/mol. The molecule has 130 valence electrons. The fourth-order valence-electron chi connectivity index (χ4n) is 2.49. The number of nitrogen functional groups attached to an aromatic ring is 1. The van der Waals surface area contributed by atoms with Gasteiger partial charge in [-0.15, -0.1) is 11.3 Å². The summed E-state index contributed by atoms with van der Waals surface area (Å²) in [5, 5.41) is 16.0. The van der Waals surface area contributed by atoms with Crippen molar-refractivity contribution in [3.05, 3.63) is 70.1 Å². The van der Waals surface area contributed by atoms with Gasteiger partial charge in [0.25, 0.3) is 5.91 Å². The zero-order valence-electron chi connectivity index (χ0n) is 14.5. The van der Waals surface area contributed by atoms with Crippen LogP contribution < -0.4 is 16.4 Å². The van der Waals surface area contributed by atoms with E-state index in [4.69, 9.17) is 5.73 Å². The fourth-order valence-corrected chi connectivity index (χ4v) is 3.48. The topological polar surface area (TPSA) is 90.9 Å². The summed E-state index contributed by atoms with van der Waals surface area (Å²) in [6, 6.07) is 17.4. The molecule has 0 spiro atoms. The van der Waals surface area contributed by atoms with Gasteiger partial charge in [0, 0.05) is 11.4 Å². The third-order valence-corrected chi connectivity index (χ3v) is 4.97. The van der Waals surface area contributed by atoms with Gasteiger partial charge in [-0.25, -0.2) is 0 Å². The molecule has 5 nitrogen and oxygen atoms in total. The molecule has 0 aliphatic rings. The lowest BCUT2D eigenvalue weighted by molar-refractivity contribution is 0.103. The van der Waals surface area contributed by atoms with Crippen LogP contribution >= 0.6 is 11.3 Å². The van der Waals surface area contributed by atoms with Gasteiger partial charge in [0.1, 0.15) is 21.5 Å². The van der Waals surface area contributed by atoms with Crippen molar-refractivity contribution in [2.24, 2.45) is 0 Å². The fraction of sp³-hybridized carbons (Fsp3) is 0.100. The van der Waals surface area contributed by atoms with E-state index < -0.39 is 0 Å². The van der Waals surface area contributed by atoms with Gasteiger partial charge in [0.15, 0.2) is 0 Å². The molecule has 4 N–H and O–H groups in total. The summed E-state index contributed by atoms with van der Waals surface area (Å²) in [6.45, 7) is 3.95. The first-order valence-electron chi connectivity index (χ1n) is 8.02.